The van der Waals surface area contributed by atoms with Gasteiger partial charge >= 0.3 is 0 Å². The van der Waals surface area contributed by atoms with Gasteiger partial charge in [-0.3, -0.25) is 0 Å². The van der Waals surface area contributed by atoms with E-state index in [-0.39, 0.29) is 12.5 Å². The fourth-order valence-corrected chi connectivity index (χ4v) is 0.880. The number of hydrogen-bond acceptors (Lipinski definition) is 2. The van der Waals surface area contributed by atoms with Crippen LogP contribution in [0, 0.1) is 5.82 Å². The summed E-state index contributed by atoms with van der Waals surface area (Å²) in [5, 5.41) is 0. The molecule has 1 rings (SSSR count). The van der Waals surface area contributed by atoms with Crippen molar-refractivity contribution < 1.29 is 13.9 Å². The molecule has 1 aromatic carbocycles. The topological polar surface area (TPSA) is 18.5 Å². The number of benzene rings is 1. The predicted molar refractivity (Wildman–Crippen MR) is 49.0 cm³/mol. The van der Waals surface area contributed by atoms with Crippen molar-refractivity contribution in [2.24, 2.45) is 0 Å². The third-order valence-corrected chi connectivity index (χ3v) is 1.52. The summed E-state index contributed by atoms with van der Waals surface area (Å²) in [4.78, 5) is 0. The van der Waals surface area contributed by atoms with Crippen molar-refractivity contribution >= 4 is 6.08 Å². The first-order valence-corrected chi connectivity index (χ1v) is 3.81. The minimum Gasteiger partial charge on any atom is -0.464 e. The third kappa shape index (κ3) is 2.56. The zero-order chi connectivity index (χ0) is 9.68. The molecule has 0 unspecified atom stereocenters. The molecule has 0 atom stereocenters. The fraction of sp³-hybridized carbons (Fsp3) is 0.200. The molecule has 0 saturated heterocycles. The second-order valence-corrected chi connectivity index (χ2v) is 2.44. The van der Waals surface area contributed by atoms with Crippen molar-refractivity contribution in [1.82, 2.24) is 0 Å². The Bertz CT molecular complexity index is 297. The number of halogens is 1. The van der Waals surface area contributed by atoms with E-state index >= 15 is 0 Å². The number of rotatable bonds is 4. The highest BCUT2D eigenvalue weighted by atomic mass is 19.1. The van der Waals surface area contributed by atoms with Crippen LogP contribution in [0.5, 0.6) is 5.75 Å². The molecule has 0 radical (unpaired) electrons. The summed E-state index contributed by atoms with van der Waals surface area (Å²) in [6.45, 7) is 3.61. The van der Waals surface area contributed by atoms with Crippen LogP contribution in [0.2, 0.25) is 0 Å². The van der Waals surface area contributed by atoms with Gasteiger partial charge in [-0.2, -0.15) is 0 Å². The van der Waals surface area contributed by atoms with Crippen molar-refractivity contribution in [2.75, 3.05) is 13.9 Å². The molecule has 0 bridgehead atoms. The van der Waals surface area contributed by atoms with Crippen LogP contribution < -0.4 is 4.74 Å². The van der Waals surface area contributed by atoms with Crippen LogP contribution in [-0.4, -0.2) is 13.9 Å². The Kier molecular flexibility index (Phi) is 3.46. The van der Waals surface area contributed by atoms with E-state index in [9.17, 15) is 4.39 Å². The maximum atomic E-state index is 13.0. The van der Waals surface area contributed by atoms with E-state index < -0.39 is 5.82 Å². The molecular formula is C10H11FO2. The smallest absolute Gasteiger partial charge is 0.188 e. The molecule has 0 N–H and O–H groups in total. The zero-order valence-electron chi connectivity index (χ0n) is 7.42. The van der Waals surface area contributed by atoms with Crippen LogP contribution in [0.25, 0.3) is 6.08 Å². The first-order valence-electron chi connectivity index (χ1n) is 3.81. The molecule has 13 heavy (non-hydrogen) atoms. The van der Waals surface area contributed by atoms with Gasteiger partial charge in [0, 0.05) is 7.11 Å². The van der Waals surface area contributed by atoms with Crippen molar-refractivity contribution in [2.45, 2.75) is 0 Å². The van der Waals surface area contributed by atoms with Crippen LogP contribution in [0.4, 0.5) is 4.39 Å². The van der Waals surface area contributed by atoms with E-state index in [0.717, 1.165) is 5.56 Å². The minimum absolute atomic E-state index is 0.0392. The summed E-state index contributed by atoms with van der Waals surface area (Å²) >= 11 is 0. The molecule has 0 aliphatic rings. The highest BCUT2D eigenvalue weighted by molar-refractivity contribution is 5.49. The quantitative estimate of drug-likeness (QED) is 0.666. The molecule has 70 valence electrons. The fourth-order valence-electron chi connectivity index (χ4n) is 0.880. The molecule has 0 heterocycles. The third-order valence-electron chi connectivity index (χ3n) is 1.52. The Balaban J connectivity index is 2.83. The summed E-state index contributed by atoms with van der Waals surface area (Å²) in [6.07, 6.45) is 1.62. The average molecular weight is 182 g/mol. The second-order valence-electron chi connectivity index (χ2n) is 2.44. The Hall–Kier alpha value is -1.35. The summed E-state index contributed by atoms with van der Waals surface area (Å²) in [6, 6.07) is 4.53. The summed E-state index contributed by atoms with van der Waals surface area (Å²) < 4.78 is 22.7. The van der Waals surface area contributed by atoms with Gasteiger partial charge in [-0.05, 0) is 17.7 Å². The molecule has 3 heteroatoms. The SMILES string of the molecule is C=Cc1ccc(F)c(OCOC)c1. The normalized spacial score (nSPS) is 9.69. The Morgan fingerprint density at radius 2 is 2.31 bits per heavy atom. The molecule has 0 amide bonds. The van der Waals surface area contributed by atoms with E-state index in [1.807, 2.05) is 0 Å². The van der Waals surface area contributed by atoms with E-state index in [1.54, 1.807) is 18.2 Å². The lowest BCUT2D eigenvalue weighted by Crippen LogP contribution is -2.00. The zero-order valence-corrected chi connectivity index (χ0v) is 7.42. The van der Waals surface area contributed by atoms with Gasteiger partial charge in [0.05, 0.1) is 0 Å². The Morgan fingerprint density at radius 3 is 2.92 bits per heavy atom. The monoisotopic (exact) mass is 182 g/mol. The van der Waals surface area contributed by atoms with Crippen LogP contribution in [0.3, 0.4) is 0 Å². The van der Waals surface area contributed by atoms with Gasteiger partial charge in [0.2, 0.25) is 0 Å². The lowest BCUT2D eigenvalue weighted by molar-refractivity contribution is 0.0483. The summed E-state index contributed by atoms with van der Waals surface area (Å²) in [7, 11) is 1.48. The lowest BCUT2D eigenvalue weighted by Gasteiger charge is -2.06. The molecule has 2 nitrogen and oxygen atoms in total. The molecule has 0 spiro atoms. The van der Waals surface area contributed by atoms with Crippen molar-refractivity contribution in [3.8, 4) is 5.75 Å². The number of hydrogen-bond donors (Lipinski definition) is 0. The average Bonchev–Trinajstić information content (AvgIpc) is 2.17. The maximum Gasteiger partial charge on any atom is 0.188 e. The largest absolute Gasteiger partial charge is 0.464 e. The van der Waals surface area contributed by atoms with Gasteiger partial charge in [-0.15, -0.1) is 0 Å². The van der Waals surface area contributed by atoms with E-state index in [4.69, 9.17) is 4.74 Å². The molecule has 0 aromatic heterocycles. The van der Waals surface area contributed by atoms with Crippen molar-refractivity contribution in [3.05, 3.63) is 36.2 Å². The van der Waals surface area contributed by atoms with Gasteiger partial charge in [-0.25, -0.2) is 4.39 Å². The molecule has 1 aromatic rings. The molecule has 0 aliphatic carbocycles. The van der Waals surface area contributed by atoms with Crippen LogP contribution in [-0.2, 0) is 4.74 Å². The van der Waals surface area contributed by atoms with Crippen LogP contribution in [0.15, 0.2) is 24.8 Å². The van der Waals surface area contributed by atoms with Gasteiger partial charge in [0.1, 0.15) is 0 Å². The Morgan fingerprint density at radius 1 is 1.54 bits per heavy atom. The summed E-state index contributed by atoms with van der Waals surface area (Å²) in [5.41, 5.74) is 0.813. The highest BCUT2D eigenvalue weighted by Crippen LogP contribution is 2.19. The van der Waals surface area contributed by atoms with Gasteiger partial charge in [0.25, 0.3) is 0 Å². The van der Waals surface area contributed by atoms with Gasteiger partial charge < -0.3 is 9.47 Å². The standard InChI is InChI=1S/C10H11FO2/c1-3-8-4-5-9(11)10(6-8)13-7-12-2/h3-6H,1,7H2,2H3. The first kappa shape index (κ1) is 9.74. The maximum absolute atomic E-state index is 13.0. The van der Waals surface area contributed by atoms with Crippen LogP contribution >= 0.6 is 0 Å². The van der Waals surface area contributed by atoms with E-state index in [2.05, 4.69) is 11.3 Å². The van der Waals surface area contributed by atoms with Crippen LogP contribution in [0.1, 0.15) is 5.56 Å². The molecule has 0 aliphatic heterocycles. The highest BCUT2D eigenvalue weighted by Gasteiger charge is 2.02. The first-order chi connectivity index (χ1) is 6.27. The number of ether oxygens (including phenoxy) is 2. The molecular weight excluding hydrogens is 171 g/mol. The summed E-state index contributed by atoms with van der Waals surface area (Å²) in [5.74, 6) is -0.220. The van der Waals surface area contributed by atoms with Gasteiger partial charge in [0.15, 0.2) is 18.4 Å². The van der Waals surface area contributed by atoms with E-state index in [0.29, 0.717) is 0 Å². The van der Waals surface area contributed by atoms with Gasteiger partial charge in [-0.1, -0.05) is 18.7 Å². The van der Waals surface area contributed by atoms with Crippen molar-refractivity contribution in [3.63, 3.8) is 0 Å². The minimum atomic E-state index is -0.400. The predicted octanol–water partition coefficient (Wildman–Crippen LogP) is 2.45. The molecule has 0 saturated carbocycles. The lowest BCUT2D eigenvalue weighted by atomic mass is 10.2. The van der Waals surface area contributed by atoms with Crippen molar-refractivity contribution in [1.29, 1.82) is 0 Å². The Labute approximate surface area is 76.6 Å². The molecule has 0 fully saturated rings. The van der Waals surface area contributed by atoms with E-state index in [1.165, 1.54) is 13.2 Å². The second kappa shape index (κ2) is 4.62. The number of methoxy groups -OCH3 is 1.